The molecule has 0 bridgehead atoms. The second kappa shape index (κ2) is 5.65. The largest absolute Gasteiger partial charge is 0.325 e. The van der Waals surface area contributed by atoms with E-state index in [1.165, 1.54) is 0 Å². The standard InChI is InChI=1S/C13H17BrN2O/c1-9-4-5-11(14)12(7-9)16-13(17)10-3-2-6-15-8-10/h4-5,7,10,15H,2-3,6,8H2,1H3,(H,16,17)/t10-/m1/s1. The molecule has 1 aromatic carbocycles. The van der Waals surface area contributed by atoms with Crippen molar-refractivity contribution in [2.45, 2.75) is 19.8 Å². The molecule has 0 aliphatic carbocycles. The highest BCUT2D eigenvalue weighted by atomic mass is 79.9. The average molecular weight is 297 g/mol. The maximum Gasteiger partial charge on any atom is 0.228 e. The Bertz CT molecular complexity index is 414. The molecule has 1 saturated heterocycles. The van der Waals surface area contributed by atoms with Crippen molar-refractivity contribution in [1.82, 2.24) is 5.32 Å². The minimum atomic E-state index is 0.0937. The van der Waals surface area contributed by atoms with Gasteiger partial charge in [0.05, 0.1) is 11.6 Å². The summed E-state index contributed by atoms with van der Waals surface area (Å²) in [6, 6.07) is 5.96. The van der Waals surface area contributed by atoms with Gasteiger partial charge in [0.1, 0.15) is 0 Å². The first kappa shape index (κ1) is 12.6. The summed E-state index contributed by atoms with van der Waals surface area (Å²) in [6.45, 7) is 3.83. The van der Waals surface area contributed by atoms with Crippen molar-refractivity contribution in [3.05, 3.63) is 28.2 Å². The van der Waals surface area contributed by atoms with Gasteiger partial charge in [-0.05, 0) is 59.9 Å². The lowest BCUT2D eigenvalue weighted by Gasteiger charge is -2.22. The van der Waals surface area contributed by atoms with Crippen LogP contribution in [0.3, 0.4) is 0 Å². The topological polar surface area (TPSA) is 41.1 Å². The Morgan fingerprint density at radius 2 is 2.35 bits per heavy atom. The van der Waals surface area contributed by atoms with Crippen LogP contribution < -0.4 is 10.6 Å². The number of nitrogens with one attached hydrogen (secondary N) is 2. The van der Waals surface area contributed by atoms with Gasteiger partial charge in [-0.3, -0.25) is 4.79 Å². The lowest BCUT2D eigenvalue weighted by Crippen LogP contribution is -2.37. The van der Waals surface area contributed by atoms with Crippen LogP contribution in [-0.2, 0) is 4.79 Å². The molecule has 0 saturated carbocycles. The molecule has 0 radical (unpaired) electrons. The van der Waals surface area contributed by atoms with Gasteiger partial charge in [0.25, 0.3) is 0 Å². The first-order chi connectivity index (χ1) is 8.16. The molecule has 17 heavy (non-hydrogen) atoms. The van der Waals surface area contributed by atoms with E-state index >= 15 is 0 Å². The molecule has 4 heteroatoms. The Hall–Kier alpha value is -0.870. The number of benzene rings is 1. The zero-order chi connectivity index (χ0) is 12.3. The van der Waals surface area contributed by atoms with Gasteiger partial charge in [0.2, 0.25) is 5.91 Å². The predicted molar refractivity (Wildman–Crippen MR) is 73.1 cm³/mol. The van der Waals surface area contributed by atoms with Crippen molar-refractivity contribution in [2.75, 3.05) is 18.4 Å². The van der Waals surface area contributed by atoms with Crippen LogP contribution in [0.25, 0.3) is 0 Å². The predicted octanol–water partition coefficient (Wildman–Crippen LogP) is 2.70. The van der Waals surface area contributed by atoms with Crippen molar-refractivity contribution in [2.24, 2.45) is 5.92 Å². The van der Waals surface area contributed by atoms with Crippen molar-refractivity contribution >= 4 is 27.5 Å². The van der Waals surface area contributed by atoms with Crippen molar-refractivity contribution in [3.63, 3.8) is 0 Å². The number of hydrogen-bond donors (Lipinski definition) is 2. The molecule has 1 aliphatic rings. The van der Waals surface area contributed by atoms with E-state index in [0.29, 0.717) is 0 Å². The third kappa shape index (κ3) is 3.30. The summed E-state index contributed by atoms with van der Waals surface area (Å²) < 4.78 is 0.931. The third-order valence-corrected chi connectivity index (χ3v) is 3.74. The minimum absolute atomic E-state index is 0.0937. The van der Waals surface area contributed by atoms with Crippen molar-refractivity contribution in [3.8, 4) is 0 Å². The summed E-state index contributed by atoms with van der Waals surface area (Å²) >= 11 is 3.45. The molecule has 92 valence electrons. The lowest BCUT2D eigenvalue weighted by atomic mass is 9.99. The van der Waals surface area contributed by atoms with Gasteiger partial charge in [0.15, 0.2) is 0 Å². The quantitative estimate of drug-likeness (QED) is 0.881. The smallest absolute Gasteiger partial charge is 0.228 e. The third-order valence-electron chi connectivity index (χ3n) is 3.05. The molecule has 2 N–H and O–H groups in total. The van der Waals surface area contributed by atoms with Crippen molar-refractivity contribution < 1.29 is 4.79 Å². The number of piperidine rings is 1. The summed E-state index contributed by atoms with van der Waals surface area (Å²) in [5.74, 6) is 0.208. The average Bonchev–Trinajstić information content (AvgIpc) is 2.35. The second-order valence-electron chi connectivity index (χ2n) is 4.52. The van der Waals surface area contributed by atoms with Crippen LogP contribution in [-0.4, -0.2) is 19.0 Å². The lowest BCUT2D eigenvalue weighted by molar-refractivity contribution is -0.120. The van der Waals surface area contributed by atoms with Gasteiger partial charge in [-0.1, -0.05) is 6.07 Å². The molecular weight excluding hydrogens is 280 g/mol. The minimum Gasteiger partial charge on any atom is -0.325 e. The number of halogens is 1. The molecule has 2 rings (SSSR count). The number of rotatable bonds is 2. The van der Waals surface area contributed by atoms with Crippen LogP contribution in [0.4, 0.5) is 5.69 Å². The van der Waals surface area contributed by atoms with Gasteiger partial charge in [-0.2, -0.15) is 0 Å². The summed E-state index contributed by atoms with van der Waals surface area (Å²) in [6.07, 6.45) is 2.05. The number of amides is 1. The second-order valence-corrected chi connectivity index (χ2v) is 5.37. The first-order valence-electron chi connectivity index (χ1n) is 5.94. The van der Waals surface area contributed by atoms with E-state index in [9.17, 15) is 4.79 Å². The molecule has 3 nitrogen and oxygen atoms in total. The fraction of sp³-hybridized carbons (Fsp3) is 0.462. The van der Waals surface area contributed by atoms with Crippen molar-refractivity contribution in [1.29, 1.82) is 0 Å². The Balaban J connectivity index is 2.04. The highest BCUT2D eigenvalue weighted by molar-refractivity contribution is 9.10. The van der Waals surface area contributed by atoms with E-state index in [-0.39, 0.29) is 11.8 Å². The van der Waals surface area contributed by atoms with Crippen LogP contribution in [0.5, 0.6) is 0 Å². The first-order valence-corrected chi connectivity index (χ1v) is 6.74. The molecule has 1 heterocycles. The van der Waals surface area contributed by atoms with E-state index in [1.54, 1.807) is 0 Å². The van der Waals surface area contributed by atoms with E-state index < -0.39 is 0 Å². The van der Waals surface area contributed by atoms with Gasteiger partial charge in [-0.25, -0.2) is 0 Å². The summed E-state index contributed by atoms with van der Waals surface area (Å²) in [7, 11) is 0. The highest BCUT2D eigenvalue weighted by Crippen LogP contribution is 2.24. The molecule has 0 unspecified atom stereocenters. The molecule has 1 atom stereocenters. The Kier molecular flexibility index (Phi) is 4.18. The molecule has 0 aromatic heterocycles. The Labute approximate surface area is 110 Å². The summed E-state index contributed by atoms with van der Waals surface area (Å²) in [5, 5.41) is 6.25. The summed E-state index contributed by atoms with van der Waals surface area (Å²) in [5.41, 5.74) is 2.01. The number of anilines is 1. The van der Waals surface area contributed by atoms with Crippen LogP contribution >= 0.6 is 15.9 Å². The van der Waals surface area contributed by atoms with Crippen LogP contribution in [0, 0.1) is 12.8 Å². The fourth-order valence-corrected chi connectivity index (χ4v) is 2.39. The van der Waals surface area contributed by atoms with E-state index in [4.69, 9.17) is 0 Å². The van der Waals surface area contributed by atoms with E-state index in [2.05, 4.69) is 26.6 Å². The maximum absolute atomic E-state index is 12.1. The maximum atomic E-state index is 12.1. The van der Waals surface area contributed by atoms with Gasteiger partial charge >= 0.3 is 0 Å². The molecule has 1 fully saturated rings. The van der Waals surface area contributed by atoms with E-state index in [0.717, 1.165) is 41.7 Å². The van der Waals surface area contributed by atoms with Crippen LogP contribution in [0.1, 0.15) is 18.4 Å². The SMILES string of the molecule is Cc1ccc(Br)c(NC(=O)[C@@H]2CCCNC2)c1. The Morgan fingerprint density at radius 3 is 3.06 bits per heavy atom. The molecule has 1 aliphatic heterocycles. The zero-order valence-corrected chi connectivity index (χ0v) is 11.5. The zero-order valence-electron chi connectivity index (χ0n) is 9.92. The number of carbonyl (C=O) groups is 1. The molecular formula is C13H17BrN2O. The molecule has 0 spiro atoms. The highest BCUT2D eigenvalue weighted by Gasteiger charge is 2.21. The Morgan fingerprint density at radius 1 is 1.53 bits per heavy atom. The van der Waals surface area contributed by atoms with Gasteiger partial charge < -0.3 is 10.6 Å². The van der Waals surface area contributed by atoms with Crippen LogP contribution in [0.15, 0.2) is 22.7 Å². The van der Waals surface area contributed by atoms with E-state index in [1.807, 2.05) is 25.1 Å². The van der Waals surface area contributed by atoms with Gasteiger partial charge in [0, 0.05) is 11.0 Å². The molecule has 1 aromatic rings. The van der Waals surface area contributed by atoms with Gasteiger partial charge in [-0.15, -0.1) is 0 Å². The number of carbonyl (C=O) groups excluding carboxylic acids is 1. The number of hydrogen-bond acceptors (Lipinski definition) is 2. The fourth-order valence-electron chi connectivity index (χ4n) is 2.05. The molecule has 1 amide bonds. The number of aryl methyl sites for hydroxylation is 1. The summed E-state index contributed by atoms with van der Waals surface area (Å²) in [4.78, 5) is 12.1. The normalized spacial score (nSPS) is 20.0. The monoisotopic (exact) mass is 296 g/mol. The van der Waals surface area contributed by atoms with Crippen LogP contribution in [0.2, 0.25) is 0 Å².